The molecule has 92 valence electrons. The molecular weight excluding hydrogens is 246 g/mol. The van der Waals surface area contributed by atoms with Gasteiger partial charge in [-0.1, -0.05) is 0 Å². The van der Waals surface area contributed by atoms with Crippen LogP contribution in [0.2, 0.25) is 0 Å². The molecule has 2 heterocycles. The summed E-state index contributed by atoms with van der Waals surface area (Å²) in [4.78, 5) is 2.91. The molecule has 0 aliphatic rings. The number of rotatable bonds is 5. The van der Waals surface area contributed by atoms with Gasteiger partial charge in [-0.3, -0.25) is 0 Å². The van der Waals surface area contributed by atoms with E-state index >= 15 is 0 Å². The Kier molecular flexibility index (Phi) is 4.37. The van der Waals surface area contributed by atoms with Crippen LogP contribution < -0.4 is 5.32 Å². The van der Waals surface area contributed by atoms with Crippen molar-refractivity contribution >= 4 is 22.7 Å². The summed E-state index contributed by atoms with van der Waals surface area (Å²) in [5, 5.41) is 7.84. The minimum Gasteiger partial charge on any atom is -0.312 e. The zero-order valence-corrected chi connectivity index (χ0v) is 12.3. The first-order valence-electron chi connectivity index (χ1n) is 5.96. The molecule has 0 aromatic carbocycles. The van der Waals surface area contributed by atoms with Gasteiger partial charge in [0.15, 0.2) is 0 Å². The van der Waals surface area contributed by atoms with Crippen LogP contribution in [-0.4, -0.2) is 7.05 Å². The van der Waals surface area contributed by atoms with Crippen LogP contribution >= 0.6 is 22.7 Å². The number of hydrogen-bond acceptors (Lipinski definition) is 3. The van der Waals surface area contributed by atoms with Gasteiger partial charge in [0, 0.05) is 15.8 Å². The van der Waals surface area contributed by atoms with Gasteiger partial charge in [-0.25, -0.2) is 0 Å². The highest BCUT2D eigenvalue weighted by Gasteiger charge is 2.12. The molecule has 0 saturated heterocycles. The lowest BCUT2D eigenvalue weighted by Gasteiger charge is -2.13. The lowest BCUT2D eigenvalue weighted by atomic mass is 10.1. The van der Waals surface area contributed by atoms with Gasteiger partial charge in [0.2, 0.25) is 0 Å². The SMILES string of the molecule is CNC(CCc1ccsc1)c1cc(C)c(C)s1. The highest BCUT2D eigenvalue weighted by Crippen LogP contribution is 2.29. The molecule has 2 aromatic heterocycles. The second-order valence-electron chi connectivity index (χ2n) is 4.40. The van der Waals surface area contributed by atoms with E-state index < -0.39 is 0 Å². The van der Waals surface area contributed by atoms with Crippen molar-refractivity contribution in [2.45, 2.75) is 32.7 Å². The van der Waals surface area contributed by atoms with E-state index in [4.69, 9.17) is 0 Å². The normalized spacial score (nSPS) is 12.9. The number of aryl methyl sites for hydroxylation is 3. The Morgan fingerprint density at radius 1 is 1.35 bits per heavy atom. The van der Waals surface area contributed by atoms with Gasteiger partial charge in [-0.2, -0.15) is 11.3 Å². The molecule has 0 fully saturated rings. The fourth-order valence-electron chi connectivity index (χ4n) is 1.95. The van der Waals surface area contributed by atoms with Crippen molar-refractivity contribution in [3.05, 3.63) is 43.8 Å². The summed E-state index contributed by atoms with van der Waals surface area (Å²) < 4.78 is 0. The van der Waals surface area contributed by atoms with Gasteiger partial charge >= 0.3 is 0 Å². The summed E-state index contributed by atoms with van der Waals surface area (Å²) in [5.41, 5.74) is 2.88. The monoisotopic (exact) mass is 265 g/mol. The molecule has 2 rings (SSSR count). The van der Waals surface area contributed by atoms with Crippen LogP contribution in [0.1, 0.15) is 33.3 Å². The van der Waals surface area contributed by atoms with Crippen molar-refractivity contribution in [2.24, 2.45) is 0 Å². The summed E-state index contributed by atoms with van der Waals surface area (Å²) in [5.74, 6) is 0. The van der Waals surface area contributed by atoms with Crippen LogP contribution in [0.3, 0.4) is 0 Å². The zero-order valence-electron chi connectivity index (χ0n) is 10.6. The minimum absolute atomic E-state index is 0.493. The molecule has 0 aliphatic carbocycles. The van der Waals surface area contributed by atoms with E-state index in [0.717, 1.165) is 6.42 Å². The second-order valence-corrected chi connectivity index (χ2v) is 6.47. The molecule has 17 heavy (non-hydrogen) atoms. The zero-order chi connectivity index (χ0) is 12.3. The maximum atomic E-state index is 3.44. The largest absolute Gasteiger partial charge is 0.312 e. The molecule has 0 spiro atoms. The molecule has 3 heteroatoms. The van der Waals surface area contributed by atoms with Crippen LogP contribution in [0.4, 0.5) is 0 Å². The van der Waals surface area contributed by atoms with Gasteiger partial charge in [0.1, 0.15) is 0 Å². The Morgan fingerprint density at radius 3 is 2.71 bits per heavy atom. The third-order valence-electron chi connectivity index (χ3n) is 3.18. The highest BCUT2D eigenvalue weighted by atomic mass is 32.1. The van der Waals surface area contributed by atoms with Crippen molar-refractivity contribution in [3.8, 4) is 0 Å². The molecule has 1 nitrogen and oxygen atoms in total. The lowest BCUT2D eigenvalue weighted by molar-refractivity contribution is 0.558. The molecule has 0 saturated carbocycles. The summed E-state index contributed by atoms with van der Waals surface area (Å²) in [6, 6.07) is 5.05. The predicted octanol–water partition coefficient (Wildman–Crippen LogP) is 4.32. The van der Waals surface area contributed by atoms with Crippen LogP contribution in [0.5, 0.6) is 0 Å². The van der Waals surface area contributed by atoms with Crippen molar-refractivity contribution in [3.63, 3.8) is 0 Å². The molecule has 0 bridgehead atoms. The first-order valence-corrected chi connectivity index (χ1v) is 7.72. The van der Waals surface area contributed by atoms with E-state index in [1.807, 2.05) is 11.3 Å². The molecule has 1 unspecified atom stereocenters. The van der Waals surface area contributed by atoms with E-state index in [1.165, 1.54) is 27.3 Å². The summed E-state index contributed by atoms with van der Waals surface area (Å²) in [6.07, 6.45) is 2.33. The Labute approximate surface area is 112 Å². The molecule has 2 aromatic rings. The Hall–Kier alpha value is -0.640. The topological polar surface area (TPSA) is 12.0 Å². The van der Waals surface area contributed by atoms with Crippen LogP contribution in [-0.2, 0) is 6.42 Å². The van der Waals surface area contributed by atoms with Crippen molar-refractivity contribution < 1.29 is 0 Å². The Bertz CT molecular complexity index is 437. The molecule has 0 amide bonds. The first-order chi connectivity index (χ1) is 8.20. The van der Waals surface area contributed by atoms with E-state index in [-0.39, 0.29) is 0 Å². The average molecular weight is 265 g/mol. The number of nitrogens with one attached hydrogen (secondary N) is 1. The molecule has 0 aliphatic heterocycles. The Balaban J connectivity index is 2.01. The first kappa shape index (κ1) is 12.8. The molecule has 0 radical (unpaired) electrons. The third kappa shape index (κ3) is 3.18. The summed E-state index contributed by atoms with van der Waals surface area (Å²) in [7, 11) is 2.06. The van der Waals surface area contributed by atoms with Crippen LogP contribution in [0, 0.1) is 13.8 Å². The van der Waals surface area contributed by atoms with Gasteiger partial charge in [-0.15, -0.1) is 11.3 Å². The van der Waals surface area contributed by atoms with Crippen molar-refractivity contribution in [1.29, 1.82) is 0 Å². The van der Waals surface area contributed by atoms with E-state index in [0.29, 0.717) is 6.04 Å². The van der Waals surface area contributed by atoms with Gasteiger partial charge in [-0.05, 0) is 67.8 Å². The van der Waals surface area contributed by atoms with E-state index in [9.17, 15) is 0 Å². The Morgan fingerprint density at radius 2 is 2.18 bits per heavy atom. The molecule has 1 N–H and O–H groups in total. The second kappa shape index (κ2) is 5.80. The average Bonchev–Trinajstić information content (AvgIpc) is 2.91. The fraction of sp³-hybridized carbons (Fsp3) is 0.429. The highest BCUT2D eigenvalue weighted by molar-refractivity contribution is 7.12. The minimum atomic E-state index is 0.493. The molecule has 1 atom stereocenters. The van der Waals surface area contributed by atoms with Crippen molar-refractivity contribution in [2.75, 3.05) is 7.05 Å². The van der Waals surface area contributed by atoms with Gasteiger partial charge < -0.3 is 5.32 Å². The molecular formula is C14H19NS2. The van der Waals surface area contributed by atoms with Gasteiger partial charge in [0.05, 0.1) is 0 Å². The third-order valence-corrected chi connectivity index (χ3v) is 5.18. The summed E-state index contributed by atoms with van der Waals surface area (Å²) >= 11 is 3.71. The van der Waals surface area contributed by atoms with Crippen LogP contribution in [0.25, 0.3) is 0 Å². The summed E-state index contributed by atoms with van der Waals surface area (Å²) in [6.45, 7) is 4.40. The van der Waals surface area contributed by atoms with Gasteiger partial charge in [0.25, 0.3) is 0 Å². The van der Waals surface area contributed by atoms with E-state index in [1.54, 1.807) is 11.3 Å². The smallest absolute Gasteiger partial charge is 0.0415 e. The maximum Gasteiger partial charge on any atom is 0.0415 e. The van der Waals surface area contributed by atoms with Crippen LogP contribution in [0.15, 0.2) is 22.9 Å². The maximum absolute atomic E-state index is 3.44. The number of hydrogen-bond donors (Lipinski definition) is 1. The quantitative estimate of drug-likeness (QED) is 0.849. The van der Waals surface area contributed by atoms with E-state index in [2.05, 4.69) is 49.1 Å². The fourth-order valence-corrected chi connectivity index (χ4v) is 3.84. The standard InChI is InChI=1S/C14H19NS2/c1-10-8-14(17-11(10)2)13(15-3)5-4-12-6-7-16-9-12/h6-9,13,15H,4-5H2,1-3H3. The van der Waals surface area contributed by atoms with Crippen molar-refractivity contribution in [1.82, 2.24) is 5.32 Å². The predicted molar refractivity (Wildman–Crippen MR) is 78.2 cm³/mol. The lowest BCUT2D eigenvalue weighted by Crippen LogP contribution is -2.15. The number of thiophene rings is 2.